The number of anilines is 1. The Bertz CT molecular complexity index is 741. The summed E-state index contributed by atoms with van der Waals surface area (Å²) in [6.45, 7) is 0.489. The maximum Gasteiger partial charge on any atom is 0.143 e. The molecule has 0 aliphatic rings. The van der Waals surface area contributed by atoms with Gasteiger partial charge in [0.1, 0.15) is 12.4 Å². The molecule has 1 heterocycles. The third-order valence-corrected chi connectivity index (χ3v) is 3.62. The van der Waals surface area contributed by atoms with Crippen LogP contribution in [0, 0.1) is 0 Å². The molecule has 3 aromatic rings. The van der Waals surface area contributed by atoms with Crippen molar-refractivity contribution in [1.82, 2.24) is 4.98 Å². The topological polar surface area (TPSA) is 48.1 Å². The Kier molecular flexibility index (Phi) is 3.56. The minimum absolute atomic E-state index is 0.489. The highest BCUT2D eigenvalue weighted by Crippen LogP contribution is 2.29. The minimum atomic E-state index is 0.489. The molecule has 1 aromatic heterocycles. The Morgan fingerprint density at radius 1 is 1.05 bits per heavy atom. The molecule has 0 unspecified atom stereocenters. The third kappa shape index (κ3) is 2.60. The number of hydrogen-bond donors (Lipinski definition) is 1. The molecule has 0 saturated heterocycles. The summed E-state index contributed by atoms with van der Waals surface area (Å²) in [5.41, 5.74) is 8.74. The van der Waals surface area contributed by atoms with Gasteiger partial charge in [-0.15, -0.1) is 0 Å². The van der Waals surface area contributed by atoms with E-state index in [2.05, 4.69) is 20.9 Å². The van der Waals surface area contributed by atoms with Gasteiger partial charge >= 0.3 is 0 Å². The summed E-state index contributed by atoms with van der Waals surface area (Å²) >= 11 is 3.41. The van der Waals surface area contributed by atoms with Crippen LogP contribution in [0.2, 0.25) is 0 Å². The first-order valence-corrected chi connectivity index (χ1v) is 7.04. The van der Waals surface area contributed by atoms with Crippen LogP contribution in [0.1, 0.15) is 5.56 Å². The van der Waals surface area contributed by atoms with E-state index in [9.17, 15) is 0 Å². The quantitative estimate of drug-likeness (QED) is 0.734. The molecule has 0 radical (unpaired) electrons. The highest BCUT2D eigenvalue weighted by atomic mass is 79.9. The lowest BCUT2D eigenvalue weighted by atomic mass is 10.1. The summed E-state index contributed by atoms with van der Waals surface area (Å²) in [6, 6.07) is 15.6. The Balaban J connectivity index is 1.84. The van der Waals surface area contributed by atoms with Crippen molar-refractivity contribution in [3.8, 4) is 5.75 Å². The standard InChI is InChI=1S/C16H13BrN2O/c17-12-5-3-11(4-6-12)10-20-15-8-7-14-13(16(15)18)2-1-9-19-14/h1-9H,10,18H2. The Labute approximate surface area is 125 Å². The van der Waals surface area contributed by atoms with Gasteiger partial charge in [-0.2, -0.15) is 0 Å². The largest absolute Gasteiger partial charge is 0.487 e. The summed E-state index contributed by atoms with van der Waals surface area (Å²) in [6.07, 6.45) is 1.75. The predicted molar refractivity (Wildman–Crippen MR) is 84.6 cm³/mol. The van der Waals surface area contributed by atoms with Crippen molar-refractivity contribution in [2.24, 2.45) is 0 Å². The van der Waals surface area contributed by atoms with E-state index < -0.39 is 0 Å². The first kappa shape index (κ1) is 12.9. The second-order valence-corrected chi connectivity index (χ2v) is 5.38. The van der Waals surface area contributed by atoms with Gasteiger partial charge in [0.25, 0.3) is 0 Å². The molecule has 0 saturated carbocycles. The minimum Gasteiger partial charge on any atom is -0.487 e. The van der Waals surface area contributed by atoms with E-state index in [1.54, 1.807) is 6.20 Å². The maximum atomic E-state index is 6.13. The fraction of sp³-hybridized carbons (Fsp3) is 0.0625. The first-order chi connectivity index (χ1) is 9.74. The van der Waals surface area contributed by atoms with Gasteiger partial charge in [-0.05, 0) is 42.0 Å². The van der Waals surface area contributed by atoms with Crippen molar-refractivity contribution in [3.05, 3.63) is 64.8 Å². The zero-order valence-corrected chi connectivity index (χ0v) is 12.3. The third-order valence-electron chi connectivity index (χ3n) is 3.09. The van der Waals surface area contributed by atoms with E-state index in [0.29, 0.717) is 18.0 Å². The Hall–Kier alpha value is -2.07. The number of nitrogens with two attached hydrogens (primary N) is 1. The molecular weight excluding hydrogens is 316 g/mol. The van der Waals surface area contributed by atoms with Gasteiger partial charge in [-0.25, -0.2) is 0 Å². The number of ether oxygens (including phenoxy) is 1. The van der Waals surface area contributed by atoms with Crippen LogP contribution in [-0.2, 0) is 6.61 Å². The fourth-order valence-corrected chi connectivity index (χ4v) is 2.29. The fourth-order valence-electron chi connectivity index (χ4n) is 2.02. The van der Waals surface area contributed by atoms with Crippen molar-refractivity contribution in [2.75, 3.05) is 5.73 Å². The highest BCUT2D eigenvalue weighted by molar-refractivity contribution is 9.10. The molecule has 2 aromatic carbocycles. The number of pyridine rings is 1. The summed E-state index contributed by atoms with van der Waals surface area (Å²) in [7, 11) is 0. The predicted octanol–water partition coefficient (Wildman–Crippen LogP) is 4.16. The van der Waals surface area contributed by atoms with Gasteiger partial charge in [0.2, 0.25) is 0 Å². The summed E-state index contributed by atoms with van der Waals surface area (Å²) < 4.78 is 6.86. The van der Waals surface area contributed by atoms with Gasteiger partial charge in [0.15, 0.2) is 0 Å². The zero-order chi connectivity index (χ0) is 13.9. The van der Waals surface area contributed by atoms with Crippen LogP contribution < -0.4 is 10.5 Å². The molecule has 3 rings (SSSR count). The summed E-state index contributed by atoms with van der Waals surface area (Å²) in [5, 5.41) is 0.917. The van der Waals surface area contributed by atoms with Crippen LogP contribution in [-0.4, -0.2) is 4.98 Å². The van der Waals surface area contributed by atoms with Crippen LogP contribution in [0.4, 0.5) is 5.69 Å². The smallest absolute Gasteiger partial charge is 0.143 e. The lowest BCUT2D eigenvalue weighted by Gasteiger charge is -2.11. The number of aromatic nitrogens is 1. The molecule has 20 heavy (non-hydrogen) atoms. The molecular formula is C16H13BrN2O. The number of fused-ring (bicyclic) bond motifs is 1. The van der Waals surface area contributed by atoms with Crippen LogP contribution in [0.25, 0.3) is 10.9 Å². The maximum absolute atomic E-state index is 6.13. The monoisotopic (exact) mass is 328 g/mol. The molecule has 2 N–H and O–H groups in total. The van der Waals surface area contributed by atoms with E-state index in [1.165, 1.54) is 0 Å². The van der Waals surface area contributed by atoms with Crippen molar-refractivity contribution in [3.63, 3.8) is 0 Å². The summed E-state index contributed by atoms with van der Waals surface area (Å²) in [4.78, 5) is 4.27. The molecule has 0 amide bonds. The van der Waals surface area contributed by atoms with Gasteiger partial charge < -0.3 is 10.5 Å². The normalized spacial score (nSPS) is 10.7. The Morgan fingerprint density at radius 2 is 1.85 bits per heavy atom. The number of hydrogen-bond acceptors (Lipinski definition) is 3. The zero-order valence-electron chi connectivity index (χ0n) is 10.7. The van der Waals surface area contributed by atoms with Gasteiger partial charge in [0.05, 0.1) is 11.2 Å². The number of halogens is 1. The van der Waals surface area contributed by atoms with Gasteiger partial charge in [-0.3, -0.25) is 4.98 Å². The van der Waals surface area contributed by atoms with Crippen molar-refractivity contribution >= 4 is 32.5 Å². The van der Waals surface area contributed by atoms with Gasteiger partial charge in [-0.1, -0.05) is 28.1 Å². The van der Waals surface area contributed by atoms with Crippen LogP contribution >= 0.6 is 15.9 Å². The molecule has 0 spiro atoms. The van der Waals surface area contributed by atoms with Crippen LogP contribution in [0.5, 0.6) is 5.75 Å². The van der Waals surface area contributed by atoms with E-state index in [4.69, 9.17) is 10.5 Å². The van der Waals surface area contributed by atoms with Crippen molar-refractivity contribution < 1.29 is 4.74 Å². The SMILES string of the molecule is Nc1c(OCc2ccc(Br)cc2)ccc2ncccc12. The number of nitrogens with zero attached hydrogens (tertiary/aromatic N) is 1. The average molecular weight is 329 g/mol. The second kappa shape index (κ2) is 5.51. The first-order valence-electron chi connectivity index (χ1n) is 6.24. The van der Waals surface area contributed by atoms with E-state index >= 15 is 0 Å². The summed E-state index contributed by atoms with van der Waals surface area (Å²) in [5.74, 6) is 0.688. The molecule has 0 bridgehead atoms. The van der Waals surface area contributed by atoms with Crippen LogP contribution in [0.15, 0.2) is 59.2 Å². The van der Waals surface area contributed by atoms with E-state index in [-0.39, 0.29) is 0 Å². The molecule has 100 valence electrons. The molecule has 0 aliphatic carbocycles. The lowest BCUT2D eigenvalue weighted by Crippen LogP contribution is -1.99. The number of rotatable bonds is 3. The highest BCUT2D eigenvalue weighted by Gasteiger charge is 2.06. The molecule has 4 heteroatoms. The molecule has 0 aliphatic heterocycles. The van der Waals surface area contributed by atoms with E-state index in [0.717, 1.165) is 20.9 Å². The molecule has 0 fully saturated rings. The number of benzene rings is 2. The van der Waals surface area contributed by atoms with E-state index in [1.807, 2.05) is 48.5 Å². The van der Waals surface area contributed by atoms with Crippen molar-refractivity contribution in [2.45, 2.75) is 6.61 Å². The second-order valence-electron chi connectivity index (χ2n) is 4.46. The van der Waals surface area contributed by atoms with Crippen LogP contribution in [0.3, 0.4) is 0 Å². The molecule has 3 nitrogen and oxygen atoms in total. The Morgan fingerprint density at radius 3 is 2.65 bits per heavy atom. The number of nitrogen functional groups attached to an aromatic ring is 1. The lowest BCUT2D eigenvalue weighted by molar-refractivity contribution is 0.308. The average Bonchev–Trinajstić information content (AvgIpc) is 2.49. The molecule has 0 atom stereocenters. The van der Waals surface area contributed by atoms with Crippen molar-refractivity contribution in [1.29, 1.82) is 0 Å². The van der Waals surface area contributed by atoms with Gasteiger partial charge in [0, 0.05) is 16.1 Å².